The summed E-state index contributed by atoms with van der Waals surface area (Å²) in [5.74, 6) is 5.93. The number of nitrogens with one attached hydrogen (secondary N) is 1. The third-order valence-electron chi connectivity index (χ3n) is 2.66. The fourth-order valence-corrected chi connectivity index (χ4v) is 1.45. The van der Waals surface area contributed by atoms with Crippen LogP contribution in [0.3, 0.4) is 0 Å². The molecule has 0 unspecified atom stereocenters. The van der Waals surface area contributed by atoms with Gasteiger partial charge in [-0.3, -0.25) is 10.6 Å². The first kappa shape index (κ1) is 15.3. The Bertz CT molecular complexity index is 436. The lowest BCUT2D eigenvalue weighted by atomic mass is 10.2. The van der Waals surface area contributed by atoms with E-state index >= 15 is 0 Å². The number of carbonyl (C=O) groups excluding carboxylic acids is 1. The summed E-state index contributed by atoms with van der Waals surface area (Å²) in [6.45, 7) is 4.89. The van der Waals surface area contributed by atoms with Gasteiger partial charge in [0.1, 0.15) is 5.82 Å². The van der Waals surface area contributed by atoms with Crippen molar-refractivity contribution < 1.29 is 9.53 Å². The third-order valence-corrected chi connectivity index (χ3v) is 2.66. The van der Waals surface area contributed by atoms with Gasteiger partial charge < -0.3 is 15.1 Å². The van der Waals surface area contributed by atoms with Gasteiger partial charge in [-0.1, -0.05) is 13.8 Å². The van der Waals surface area contributed by atoms with Crippen molar-refractivity contribution in [1.82, 2.24) is 14.9 Å². The van der Waals surface area contributed by atoms with Crippen LogP contribution in [0.15, 0.2) is 6.20 Å². The Balaban J connectivity index is 3.02. The van der Waals surface area contributed by atoms with Gasteiger partial charge in [0.25, 0.3) is 5.91 Å². The number of hydrazine groups is 1. The van der Waals surface area contributed by atoms with Crippen LogP contribution in [-0.2, 0) is 4.74 Å². The Hall–Kier alpha value is -1.73. The normalized spacial score (nSPS) is 10.6. The number of likely N-dealkylation sites (N-methyl/N-ethyl adjacent to an activating group) is 1. The van der Waals surface area contributed by atoms with E-state index in [1.165, 1.54) is 11.1 Å². The highest BCUT2D eigenvalue weighted by Crippen LogP contribution is 2.16. The van der Waals surface area contributed by atoms with Crippen LogP contribution in [0, 0.1) is 0 Å². The second-order valence-corrected chi connectivity index (χ2v) is 4.51. The maximum absolute atomic E-state index is 12.3. The molecule has 1 aromatic rings. The number of nitrogen functional groups attached to an aromatic ring is 1. The molecule has 0 bridgehead atoms. The van der Waals surface area contributed by atoms with Crippen LogP contribution in [-0.4, -0.2) is 48.1 Å². The number of nitrogens with two attached hydrogens (primary N) is 1. The summed E-state index contributed by atoms with van der Waals surface area (Å²) in [7, 11) is 3.28. The van der Waals surface area contributed by atoms with Crippen LogP contribution >= 0.6 is 0 Å². The molecule has 0 aromatic carbocycles. The average molecular weight is 267 g/mol. The molecule has 1 amide bonds. The number of amides is 1. The fraction of sp³-hybridized carbons (Fsp3) is 0.583. The number of nitrogens with zero attached hydrogens (tertiary/aromatic N) is 3. The second-order valence-electron chi connectivity index (χ2n) is 4.51. The molecule has 0 radical (unpaired) electrons. The van der Waals surface area contributed by atoms with E-state index in [0.29, 0.717) is 24.7 Å². The lowest BCUT2D eigenvalue weighted by molar-refractivity contribution is 0.0739. The number of aromatic nitrogens is 2. The summed E-state index contributed by atoms with van der Waals surface area (Å²) < 4.78 is 4.95. The number of methoxy groups -OCH3 is 1. The van der Waals surface area contributed by atoms with Crippen molar-refractivity contribution in [3.8, 4) is 0 Å². The minimum absolute atomic E-state index is 0.141. The van der Waals surface area contributed by atoms with E-state index in [1.807, 2.05) is 13.8 Å². The Morgan fingerprint density at radius 2 is 2.26 bits per heavy atom. The molecular formula is C12H21N5O2. The number of carbonyl (C=O) groups is 1. The molecule has 7 heteroatoms. The van der Waals surface area contributed by atoms with Crippen molar-refractivity contribution in [2.75, 3.05) is 32.7 Å². The minimum atomic E-state index is -0.214. The van der Waals surface area contributed by atoms with Gasteiger partial charge in [-0.2, -0.15) is 0 Å². The molecular weight excluding hydrogens is 246 g/mol. The maximum atomic E-state index is 12.3. The first-order valence-electron chi connectivity index (χ1n) is 6.09. The summed E-state index contributed by atoms with van der Waals surface area (Å²) in [6, 6.07) is 0. The molecule has 0 saturated heterocycles. The summed E-state index contributed by atoms with van der Waals surface area (Å²) in [4.78, 5) is 22.3. The molecule has 3 N–H and O–H groups in total. The Kier molecular flexibility index (Phi) is 5.65. The monoisotopic (exact) mass is 267 g/mol. The predicted molar refractivity (Wildman–Crippen MR) is 72.8 cm³/mol. The molecule has 106 valence electrons. The van der Waals surface area contributed by atoms with E-state index in [2.05, 4.69) is 15.4 Å². The highest BCUT2D eigenvalue weighted by atomic mass is 16.5. The van der Waals surface area contributed by atoms with Crippen LogP contribution in [0.25, 0.3) is 0 Å². The number of rotatable bonds is 6. The molecule has 1 rings (SSSR count). The molecule has 0 aliphatic carbocycles. The summed E-state index contributed by atoms with van der Waals surface area (Å²) in [5.41, 5.74) is 3.14. The first-order chi connectivity index (χ1) is 9.01. The van der Waals surface area contributed by atoms with Crippen molar-refractivity contribution >= 4 is 11.6 Å². The summed E-state index contributed by atoms with van der Waals surface area (Å²) >= 11 is 0. The van der Waals surface area contributed by atoms with Gasteiger partial charge in [-0.25, -0.2) is 9.97 Å². The van der Waals surface area contributed by atoms with Crippen LogP contribution in [0.5, 0.6) is 0 Å². The topological polar surface area (TPSA) is 93.4 Å². The van der Waals surface area contributed by atoms with Crippen molar-refractivity contribution in [2.24, 2.45) is 5.84 Å². The van der Waals surface area contributed by atoms with Crippen LogP contribution in [0.1, 0.15) is 36.1 Å². The fourth-order valence-electron chi connectivity index (χ4n) is 1.45. The Labute approximate surface area is 113 Å². The molecule has 19 heavy (non-hydrogen) atoms. The van der Waals surface area contributed by atoms with Gasteiger partial charge in [0.15, 0.2) is 5.69 Å². The molecule has 7 nitrogen and oxygen atoms in total. The Morgan fingerprint density at radius 1 is 1.58 bits per heavy atom. The van der Waals surface area contributed by atoms with Crippen LogP contribution < -0.4 is 11.3 Å². The predicted octanol–water partition coefficient (Wildman–Crippen LogP) is 0.604. The summed E-state index contributed by atoms with van der Waals surface area (Å²) in [5, 5.41) is 0. The van der Waals surface area contributed by atoms with Crippen LogP contribution in [0.4, 0.5) is 5.69 Å². The zero-order valence-corrected chi connectivity index (χ0v) is 11.8. The molecule has 0 aliphatic rings. The van der Waals surface area contributed by atoms with Crippen molar-refractivity contribution in [3.05, 3.63) is 17.7 Å². The molecule has 0 spiro atoms. The second kappa shape index (κ2) is 7.01. The lowest BCUT2D eigenvalue weighted by Gasteiger charge is -2.18. The third kappa shape index (κ3) is 3.87. The smallest absolute Gasteiger partial charge is 0.274 e. The van der Waals surface area contributed by atoms with Crippen molar-refractivity contribution in [3.63, 3.8) is 0 Å². The number of hydrogen-bond donors (Lipinski definition) is 2. The van der Waals surface area contributed by atoms with Gasteiger partial charge in [-0.05, 0) is 0 Å². The zero-order chi connectivity index (χ0) is 14.4. The average Bonchev–Trinajstić information content (AvgIpc) is 2.42. The quantitative estimate of drug-likeness (QED) is 0.579. The zero-order valence-electron chi connectivity index (χ0n) is 11.8. The summed E-state index contributed by atoms with van der Waals surface area (Å²) in [6.07, 6.45) is 1.53. The lowest BCUT2D eigenvalue weighted by Crippen LogP contribution is -2.32. The largest absolute Gasteiger partial charge is 0.383 e. The van der Waals surface area contributed by atoms with E-state index in [4.69, 9.17) is 10.6 Å². The molecule has 0 fully saturated rings. The molecule has 0 aliphatic heterocycles. The van der Waals surface area contributed by atoms with E-state index in [1.54, 1.807) is 14.2 Å². The first-order valence-corrected chi connectivity index (χ1v) is 6.09. The molecule has 0 atom stereocenters. The highest BCUT2D eigenvalue weighted by molar-refractivity contribution is 5.97. The van der Waals surface area contributed by atoms with E-state index in [9.17, 15) is 4.79 Å². The molecule has 1 heterocycles. The SMILES string of the molecule is COCCN(C)C(=O)c1nc(C(C)C)ncc1NN. The number of hydrogen-bond acceptors (Lipinski definition) is 6. The van der Waals surface area contributed by atoms with Crippen molar-refractivity contribution in [2.45, 2.75) is 19.8 Å². The minimum Gasteiger partial charge on any atom is -0.383 e. The van der Waals surface area contributed by atoms with Crippen molar-refractivity contribution in [1.29, 1.82) is 0 Å². The molecule has 1 aromatic heterocycles. The standard InChI is InChI=1S/C12H21N5O2/c1-8(2)11-14-7-9(16-13)10(15-11)12(18)17(3)5-6-19-4/h7-8,16H,5-6,13H2,1-4H3. The maximum Gasteiger partial charge on any atom is 0.274 e. The van der Waals surface area contributed by atoms with E-state index in [0.717, 1.165) is 0 Å². The Morgan fingerprint density at radius 3 is 2.79 bits per heavy atom. The highest BCUT2D eigenvalue weighted by Gasteiger charge is 2.19. The van der Waals surface area contributed by atoms with E-state index < -0.39 is 0 Å². The van der Waals surface area contributed by atoms with E-state index in [-0.39, 0.29) is 17.5 Å². The van der Waals surface area contributed by atoms with Gasteiger partial charge >= 0.3 is 0 Å². The van der Waals surface area contributed by atoms with Crippen LogP contribution in [0.2, 0.25) is 0 Å². The van der Waals surface area contributed by atoms with Gasteiger partial charge in [-0.15, -0.1) is 0 Å². The number of ether oxygens (including phenoxy) is 1. The van der Waals surface area contributed by atoms with Gasteiger partial charge in [0, 0.05) is 26.6 Å². The molecule has 0 saturated carbocycles. The van der Waals surface area contributed by atoms with Gasteiger partial charge in [0.2, 0.25) is 0 Å². The number of anilines is 1. The van der Waals surface area contributed by atoms with Gasteiger partial charge in [0.05, 0.1) is 18.5 Å².